The van der Waals surface area contributed by atoms with E-state index in [0.29, 0.717) is 49.2 Å². The van der Waals surface area contributed by atoms with E-state index in [1.54, 1.807) is 13.2 Å². The zero-order valence-corrected chi connectivity index (χ0v) is 16.9. The number of methoxy groups -OCH3 is 1. The standard InChI is InChI=1S/C17H21BrFN3O3S/c1-25-9-2-10-26(23,24)22-7-5-21(6-8-22)17-4-3-13-11-14(18)15(19)12-16(13)20-17/h3-4,11-12H,2,5-10H2,1H3. The molecule has 0 spiro atoms. The van der Waals surface area contributed by atoms with E-state index in [9.17, 15) is 12.8 Å². The predicted molar refractivity (Wildman–Crippen MR) is 103 cm³/mol. The second-order valence-corrected chi connectivity index (χ2v) is 9.12. The molecule has 0 amide bonds. The molecule has 1 fully saturated rings. The van der Waals surface area contributed by atoms with Gasteiger partial charge in [-0.15, -0.1) is 0 Å². The van der Waals surface area contributed by atoms with Gasteiger partial charge in [0, 0.05) is 51.3 Å². The Labute approximate surface area is 161 Å². The summed E-state index contributed by atoms with van der Waals surface area (Å²) in [5, 5.41) is 0.849. The highest BCUT2D eigenvalue weighted by molar-refractivity contribution is 9.10. The van der Waals surface area contributed by atoms with Crippen molar-refractivity contribution in [1.29, 1.82) is 0 Å². The normalized spacial score (nSPS) is 16.3. The van der Waals surface area contributed by atoms with Gasteiger partial charge in [-0.25, -0.2) is 17.8 Å². The molecule has 1 aromatic carbocycles. The molecule has 3 rings (SSSR count). The number of ether oxygens (including phenoxy) is 1. The lowest BCUT2D eigenvalue weighted by atomic mass is 10.2. The second-order valence-electron chi connectivity index (χ2n) is 6.18. The molecule has 1 saturated heterocycles. The molecule has 6 nitrogen and oxygen atoms in total. The first kappa shape index (κ1) is 19.5. The summed E-state index contributed by atoms with van der Waals surface area (Å²) in [6.07, 6.45) is 0.492. The number of pyridine rings is 1. The van der Waals surface area contributed by atoms with Crippen LogP contribution in [0.4, 0.5) is 10.2 Å². The van der Waals surface area contributed by atoms with Crippen LogP contribution in [-0.4, -0.2) is 63.4 Å². The first-order valence-electron chi connectivity index (χ1n) is 8.38. The van der Waals surface area contributed by atoms with Crippen LogP contribution in [-0.2, 0) is 14.8 Å². The third-order valence-corrected chi connectivity index (χ3v) is 6.99. The number of anilines is 1. The van der Waals surface area contributed by atoms with E-state index in [1.165, 1.54) is 10.4 Å². The second kappa shape index (κ2) is 8.16. The van der Waals surface area contributed by atoms with Gasteiger partial charge < -0.3 is 9.64 Å². The van der Waals surface area contributed by atoms with E-state index in [-0.39, 0.29) is 11.6 Å². The zero-order chi connectivity index (χ0) is 18.7. The van der Waals surface area contributed by atoms with Gasteiger partial charge in [0.15, 0.2) is 0 Å². The molecule has 0 unspecified atom stereocenters. The van der Waals surface area contributed by atoms with Crippen LogP contribution in [0.15, 0.2) is 28.7 Å². The maximum absolute atomic E-state index is 13.7. The molecule has 9 heteroatoms. The SMILES string of the molecule is COCCCS(=O)(=O)N1CCN(c2ccc3cc(Br)c(F)cc3n2)CC1. The fourth-order valence-electron chi connectivity index (χ4n) is 2.99. The Morgan fingerprint density at radius 1 is 1.23 bits per heavy atom. The van der Waals surface area contributed by atoms with Crippen molar-refractivity contribution in [3.63, 3.8) is 0 Å². The number of sulfonamides is 1. The molecule has 0 aliphatic carbocycles. The summed E-state index contributed by atoms with van der Waals surface area (Å²) in [7, 11) is -1.69. The van der Waals surface area contributed by atoms with Gasteiger partial charge in [0.25, 0.3) is 0 Å². The van der Waals surface area contributed by atoms with E-state index >= 15 is 0 Å². The highest BCUT2D eigenvalue weighted by Gasteiger charge is 2.27. The van der Waals surface area contributed by atoms with E-state index in [4.69, 9.17) is 4.74 Å². The number of piperazine rings is 1. The minimum absolute atomic E-state index is 0.100. The minimum Gasteiger partial charge on any atom is -0.385 e. The summed E-state index contributed by atoms with van der Waals surface area (Å²) >= 11 is 3.18. The Morgan fingerprint density at radius 3 is 2.65 bits per heavy atom. The monoisotopic (exact) mass is 445 g/mol. The number of nitrogens with zero attached hydrogens (tertiary/aromatic N) is 3. The lowest BCUT2D eigenvalue weighted by Gasteiger charge is -2.34. The molecule has 0 bridgehead atoms. The molecular formula is C17H21BrFN3O3S. The summed E-state index contributed by atoms with van der Waals surface area (Å²) < 4.78 is 45.3. The largest absolute Gasteiger partial charge is 0.385 e. The molecule has 2 heterocycles. The van der Waals surface area contributed by atoms with E-state index in [2.05, 4.69) is 20.9 Å². The smallest absolute Gasteiger partial charge is 0.214 e. The Balaban J connectivity index is 1.68. The van der Waals surface area contributed by atoms with Gasteiger partial charge in [0.1, 0.15) is 11.6 Å². The van der Waals surface area contributed by atoms with Gasteiger partial charge in [0.05, 0.1) is 15.7 Å². The number of benzene rings is 1. The van der Waals surface area contributed by atoms with Gasteiger partial charge in [-0.1, -0.05) is 0 Å². The van der Waals surface area contributed by atoms with Crippen molar-refractivity contribution in [2.75, 3.05) is 50.5 Å². The van der Waals surface area contributed by atoms with Crippen molar-refractivity contribution in [2.24, 2.45) is 0 Å². The molecule has 0 radical (unpaired) electrons. The number of aromatic nitrogens is 1. The summed E-state index contributed by atoms with van der Waals surface area (Å²) in [5.74, 6) is 0.480. The van der Waals surface area contributed by atoms with Crippen molar-refractivity contribution in [2.45, 2.75) is 6.42 Å². The van der Waals surface area contributed by atoms with Gasteiger partial charge >= 0.3 is 0 Å². The minimum atomic E-state index is -3.25. The molecule has 26 heavy (non-hydrogen) atoms. The summed E-state index contributed by atoms with van der Waals surface area (Å²) in [4.78, 5) is 6.56. The topological polar surface area (TPSA) is 62.7 Å². The average molecular weight is 446 g/mol. The van der Waals surface area contributed by atoms with Crippen LogP contribution < -0.4 is 4.90 Å². The van der Waals surface area contributed by atoms with Gasteiger partial charge in [-0.3, -0.25) is 0 Å². The van der Waals surface area contributed by atoms with Gasteiger partial charge in [0.2, 0.25) is 10.0 Å². The van der Waals surface area contributed by atoms with Crippen LogP contribution in [0.25, 0.3) is 10.9 Å². The van der Waals surface area contributed by atoms with Crippen molar-refractivity contribution in [3.05, 3.63) is 34.6 Å². The predicted octanol–water partition coefficient (Wildman–Crippen LogP) is 2.62. The Bertz CT molecular complexity index is 886. The quantitative estimate of drug-likeness (QED) is 0.639. The van der Waals surface area contributed by atoms with Crippen LogP contribution in [0.3, 0.4) is 0 Å². The number of hydrogen-bond acceptors (Lipinski definition) is 5. The first-order valence-corrected chi connectivity index (χ1v) is 10.8. The number of halogens is 2. The van der Waals surface area contributed by atoms with Crippen LogP contribution >= 0.6 is 15.9 Å². The van der Waals surface area contributed by atoms with E-state index in [0.717, 1.165) is 11.2 Å². The van der Waals surface area contributed by atoms with Crippen LogP contribution in [0, 0.1) is 5.82 Å². The summed E-state index contributed by atoms with van der Waals surface area (Å²) in [6.45, 7) is 2.39. The first-order chi connectivity index (χ1) is 12.4. The fourth-order valence-corrected chi connectivity index (χ4v) is 4.81. The Kier molecular flexibility index (Phi) is 6.11. The van der Waals surface area contributed by atoms with Crippen LogP contribution in [0.1, 0.15) is 6.42 Å². The molecule has 2 aromatic rings. The lowest BCUT2D eigenvalue weighted by Crippen LogP contribution is -2.49. The number of hydrogen-bond donors (Lipinski definition) is 0. The van der Waals surface area contributed by atoms with Crippen LogP contribution in [0.2, 0.25) is 0 Å². The van der Waals surface area contributed by atoms with Crippen molar-refractivity contribution < 1.29 is 17.5 Å². The molecular weight excluding hydrogens is 425 g/mol. The molecule has 1 aliphatic heterocycles. The van der Waals surface area contributed by atoms with Gasteiger partial charge in [-0.2, -0.15) is 4.31 Å². The summed E-state index contributed by atoms with van der Waals surface area (Å²) in [6, 6.07) is 6.89. The Hall–Kier alpha value is -1.29. The summed E-state index contributed by atoms with van der Waals surface area (Å²) in [5.41, 5.74) is 0.581. The van der Waals surface area contributed by atoms with E-state index < -0.39 is 10.0 Å². The third-order valence-electron chi connectivity index (χ3n) is 4.42. The third kappa shape index (κ3) is 4.33. The highest BCUT2D eigenvalue weighted by Crippen LogP contribution is 2.25. The molecule has 0 N–H and O–H groups in total. The fraction of sp³-hybridized carbons (Fsp3) is 0.471. The van der Waals surface area contributed by atoms with Crippen molar-refractivity contribution in [3.8, 4) is 0 Å². The maximum atomic E-state index is 13.7. The highest BCUT2D eigenvalue weighted by atomic mass is 79.9. The Morgan fingerprint density at radius 2 is 1.96 bits per heavy atom. The molecule has 0 atom stereocenters. The maximum Gasteiger partial charge on any atom is 0.214 e. The molecule has 1 aromatic heterocycles. The molecule has 0 saturated carbocycles. The zero-order valence-electron chi connectivity index (χ0n) is 14.5. The van der Waals surface area contributed by atoms with Gasteiger partial charge in [-0.05, 0) is 40.5 Å². The molecule has 1 aliphatic rings. The number of fused-ring (bicyclic) bond motifs is 1. The molecule has 142 valence electrons. The van der Waals surface area contributed by atoms with Crippen LogP contribution in [0.5, 0.6) is 0 Å². The average Bonchev–Trinajstić information content (AvgIpc) is 2.62. The van der Waals surface area contributed by atoms with Crippen molar-refractivity contribution in [1.82, 2.24) is 9.29 Å². The number of rotatable bonds is 6. The van der Waals surface area contributed by atoms with Crippen molar-refractivity contribution >= 4 is 42.7 Å². The van der Waals surface area contributed by atoms with E-state index in [1.807, 2.05) is 17.0 Å². The lowest BCUT2D eigenvalue weighted by molar-refractivity contribution is 0.199.